The van der Waals surface area contributed by atoms with Crippen LogP contribution in [0.5, 0.6) is 0 Å². The lowest BCUT2D eigenvalue weighted by Crippen LogP contribution is -2.61. The zero-order valence-electron chi connectivity index (χ0n) is 14.9. The van der Waals surface area contributed by atoms with Crippen molar-refractivity contribution in [1.82, 2.24) is 0 Å². The first-order valence-electron chi connectivity index (χ1n) is 8.87. The molecule has 2 aliphatic heterocycles. The molecular weight excluding hydrogens is 360 g/mol. The molecular formula is C18H26O9. The summed E-state index contributed by atoms with van der Waals surface area (Å²) < 4.78 is 21.8. The molecule has 2 heterocycles. The molecule has 0 bridgehead atoms. The van der Waals surface area contributed by atoms with E-state index < -0.39 is 55.3 Å². The standard InChI is InChI=1S/C18H26O9/c1-9-12(20)13(21)14(22)18(26-9)27-16-11(19)8-25-17(15(16)23)24-7-10-5-3-2-4-6-10/h2-6,9,11-23H,7-8H2,1H3/t9-,11-,12+,13+,14-,15-,16+,17-,18+/m1/s1. The number of rotatable bonds is 5. The maximum absolute atomic E-state index is 10.5. The topological polar surface area (TPSA) is 138 Å². The van der Waals surface area contributed by atoms with Gasteiger partial charge >= 0.3 is 0 Å². The van der Waals surface area contributed by atoms with Gasteiger partial charge in [-0.1, -0.05) is 30.3 Å². The minimum Gasteiger partial charge on any atom is -0.388 e. The Labute approximate surface area is 156 Å². The van der Waals surface area contributed by atoms with Crippen LogP contribution < -0.4 is 0 Å². The number of hydrogen-bond donors (Lipinski definition) is 5. The molecule has 0 radical (unpaired) electrons. The van der Waals surface area contributed by atoms with E-state index in [0.717, 1.165) is 5.56 Å². The van der Waals surface area contributed by atoms with Gasteiger partial charge in [-0.25, -0.2) is 0 Å². The summed E-state index contributed by atoms with van der Waals surface area (Å²) in [6.45, 7) is 1.55. The maximum atomic E-state index is 10.5. The lowest BCUT2D eigenvalue weighted by molar-refractivity contribution is -0.346. The van der Waals surface area contributed by atoms with Crippen molar-refractivity contribution in [2.45, 2.75) is 68.8 Å². The Morgan fingerprint density at radius 2 is 1.63 bits per heavy atom. The SMILES string of the molecule is C[C@H]1O[C@@H](O[C@@H]2[C@@H](O)[C@H](OCc3ccccc3)OC[C@H]2O)[C@H](O)[C@@H](O)[C@H]1O. The van der Waals surface area contributed by atoms with Crippen molar-refractivity contribution >= 4 is 0 Å². The fourth-order valence-corrected chi connectivity index (χ4v) is 3.12. The third-order valence-corrected chi connectivity index (χ3v) is 4.78. The molecule has 0 aromatic heterocycles. The highest BCUT2D eigenvalue weighted by molar-refractivity contribution is 5.13. The van der Waals surface area contributed by atoms with E-state index in [9.17, 15) is 25.5 Å². The molecule has 152 valence electrons. The summed E-state index contributed by atoms with van der Waals surface area (Å²) in [5.74, 6) is 0. The monoisotopic (exact) mass is 386 g/mol. The molecule has 2 fully saturated rings. The molecule has 0 spiro atoms. The van der Waals surface area contributed by atoms with E-state index >= 15 is 0 Å². The van der Waals surface area contributed by atoms with Crippen molar-refractivity contribution in [3.8, 4) is 0 Å². The van der Waals surface area contributed by atoms with Crippen molar-refractivity contribution in [3.63, 3.8) is 0 Å². The lowest BCUT2D eigenvalue weighted by Gasteiger charge is -2.43. The van der Waals surface area contributed by atoms with Gasteiger partial charge in [0.1, 0.15) is 36.6 Å². The van der Waals surface area contributed by atoms with Gasteiger partial charge in [0.15, 0.2) is 12.6 Å². The highest BCUT2D eigenvalue weighted by Crippen LogP contribution is 2.27. The average Bonchev–Trinajstić information content (AvgIpc) is 2.67. The van der Waals surface area contributed by atoms with Crippen molar-refractivity contribution in [3.05, 3.63) is 35.9 Å². The average molecular weight is 386 g/mol. The Hall–Kier alpha value is -1.14. The predicted octanol–water partition coefficient (Wildman–Crippen LogP) is -1.51. The molecule has 1 aromatic carbocycles. The predicted molar refractivity (Wildman–Crippen MR) is 90.2 cm³/mol. The second-order valence-electron chi connectivity index (χ2n) is 6.84. The molecule has 0 unspecified atom stereocenters. The Kier molecular flexibility index (Phi) is 6.79. The molecule has 2 saturated heterocycles. The van der Waals surface area contributed by atoms with Gasteiger partial charge in [0.05, 0.1) is 19.3 Å². The molecule has 0 aliphatic carbocycles. The van der Waals surface area contributed by atoms with Gasteiger partial charge in [0.25, 0.3) is 0 Å². The summed E-state index contributed by atoms with van der Waals surface area (Å²) in [6, 6.07) is 9.30. The summed E-state index contributed by atoms with van der Waals surface area (Å²) in [4.78, 5) is 0. The Balaban J connectivity index is 1.61. The first-order valence-corrected chi connectivity index (χ1v) is 8.87. The quantitative estimate of drug-likeness (QED) is 0.409. The highest BCUT2D eigenvalue weighted by Gasteiger charge is 2.47. The summed E-state index contributed by atoms with van der Waals surface area (Å²) >= 11 is 0. The second kappa shape index (κ2) is 8.91. The third kappa shape index (κ3) is 4.65. The lowest BCUT2D eigenvalue weighted by atomic mass is 9.99. The van der Waals surface area contributed by atoms with Crippen LogP contribution in [0.15, 0.2) is 30.3 Å². The van der Waals surface area contributed by atoms with Crippen LogP contribution in [-0.2, 0) is 25.6 Å². The van der Waals surface area contributed by atoms with Crippen LogP contribution in [0.1, 0.15) is 12.5 Å². The first-order chi connectivity index (χ1) is 12.9. The zero-order valence-corrected chi connectivity index (χ0v) is 14.9. The fraction of sp³-hybridized carbons (Fsp3) is 0.667. The van der Waals surface area contributed by atoms with E-state index in [0.29, 0.717) is 0 Å². The molecule has 5 N–H and O–H groups in total. The van der Waals surface area contributed by atoms with Crippen LogP contribution in [-0.4, -0.2) is 87.4 Å². The zero-order chi connectivity index (χ0) is 19.6. The van der Waals surface area contributed by atoms with Gasteiger partial charge in [0, 0.05) is 0 Å². The van der Waals surface area contributed by atoms with Crippen LogP contribution >= 0.6 is 0 Å². The molecule has 9 atom stereocenters. The highest BCUT2D eigenvalue weighted by atomic mass is 16.7. The molecule has 9 nitrogen and oxygen atoms in total. The minimum atomic E-state index is -1.54. The fourth-order valence-electron chi connectivity index (χ4n) is 3.12. The molecule has 2 aliphatic rings. The van der Waals surface area contributed by atoms with E-state index in [-0.39, 0.29) is 13.2 Å². The van der Waals surface area contributed by atoms with Gasteiger partial charge in [0.2, 0.25) is 0 Å². The van der Waals surface area contributed by atoms with Gasteiger partial charge in [-0.3, -0.25) is 0 Å². The Bertz CT molecular complexity index is 585. The van der Waals surface area contributed by atoms with E-state index in [2.05, 4.69) is 0 Å². The smallest absolute Gasteiger partial charge is 0.187 e. The van der Waals surface area contributed by atoms with E-state index in [1.807, 2.05) is 30.3 Å². The number of benzene rings is 1. The van der Waals surface area contributed by atoms with Gasteiger partial charge in [-0.15, -0.1) is 0 Å². The van der Waals surface area contributed by atoms with E-state index in [4.69, 9.17) is 18.9 Å². The summed E-state index contributed by atoms with van der Waals surface area (Å²) in [5, 5.41) is 50.3. The number of aliphatic hydroxyl groups excluding tert-OH is 5. The van der Waals surface area contributed by atoms with Gasteiger partial charge in [-0.2, -0.15) is 0 Å². The van der Waals surface area contributed by atoms with Crippen molar-refractivity contribution in [1.29, 1.82) is 0 Å². The number of hydrogen-bond acceptors (Lipinski definition) is 9. The van der Waals surface area contributed by atoms with Crippen LogP contribution in [0.3, 0.4) is 0 Å². The number of ether oxygens (including phenoxy) is 4. The van der Waals surface area contributed by atoms with Crippen molar-refractivity contribution in [2.75, 3.05) is 6.61 Å². The summed E-state index contributed by atoms with van der Waals surface area (Å²) in [5.41, 5.74) is 0.883. The Morgan fingerprint density at radius 1 is 0.926 bits per heavy atom. The first kappa shape index (κ1) is 20.6. The van der Waals surface area contributed by atoms with Crippen LogP contribution in [0.2, 0.25) is 0 Å². The molecule has 3 rings (SSSR count). The van der Waals surface area contributed by atoms with Crippen LogP contribution in [0.25, 0.3) is 0 Å². The van der Waals surface area contributed by atoms with Crippen LogP contribution in [0, 0.1) is 0 Å². The largest absolute Gasteiger partial charge is 0.388 e. The van der Waals surface area contributed by atoms with Crippen molar-refractivity contribution < 1.29 is 44.5 Å². The molecule has 9 heteroatoms. The van der Waals surface area contributed by atoms with Crippen molar-refractivity contribution in [2.24, 2.45) is 0 Å². The van der Waals surface area contributed by atoms with Gasteiger partial charge in [-0.05, 0) is 12.5 Å². The molecule has 0 amide bonds. The molecule has 0 saturated carbocycles. The Morgan fingerprint density at radius 3 is 2.33 bits per heavy atom. The summed E-state index contributed by atoms with van der Waals surface area (Å²) in [6.07, 6.45) is -11.2. The normalized spacial score (nSPS) is 42.8. The maximum Gasteiger partial charge on any atom is 0.187 e. The summed E-state index contributed by atoms with van der Waals surface area (Å²) in [7, 11) is 0. The third-order valence-electron chi connectivity index (χ3n) is 4.78. The molecule has 1 aromatic rings. The van der Waals surface area contributed by atoms with Gasteiger partial charge < -0.3 is 44.5 Å². The van der Waals surface area contributed by atoms with E-state index in [1.54, 1.807) is 0 Å². The number of aliphatic hydroxyl groups is 5. The molecule has 27 heavy (non-hydrogen) atoms. The minimum absolute atomic E-state index is 0.148. The van der Waals surface area contributed by atoms with E-state index in [1.165, 1.54) is 6.92 Å². The second-order valence-corrected chi connectivity index (χ2v) is 6.84. The van der Waals surface area contributed by atoms with Crippen LogP contribution in [0.4, 0.5) is 0 Å².